The number of ketones is 1. The first-order valence-electron chi connectivity index (χ1n) is 10.4. The highest BCUT2D eigenvalue weighted by Gasteiger charge is 2.47. The Hall–Kier alpha value is -3.97. The zero-order valence-corrected chi connectivity index (χ0v) is 19.5. The third-order valence-electron chi connectivity index (χ3n) is 5.73. The Morgan fingerprint density at radius 3 is 2.32 bits per heavy atom. The molecule has 0 bridgehead atoms. The largest absolute Gasteiger partial charge is 0.508 e. The minimum atomic E-state index is -1.00. The van der Waals surface area contributed by atoms with Gasteiger partial charge in [0.05, 0.1) is 36.4 Å². The maximum absolute atomic E-state index is 13.3. The highest BCUT2D eigenvalue weighted by Crippen LogP contribution is 2.45. The molecule has 1 aliphatic heterocycles. The van der Waals surface area contributed by atoms with Crippen LogP contribution in [0.15, 0.2) is 66.2 Å². The number of aliphatic hydroxyl groups is 1. The summed E-state index contributed by atoms with van der Waals surface area (Å²) in [6.07, 6.45) is 0. The van der Waals surface area contributed by atoms with E-state index >= 15 is 0 Å². The van der Waals surface area contributed by atoms with Crippen LogP contribution in [0.4, 0.5) is 5.69 Å². The van der Waals surface area contributed by atoms with Gasteiger partial charge in [0.15, 0.2) is 0 Å². The summed E-state index contributed by atoms with van der Waals surface area (Å²) in [5, 5.41) is 21.7. The zero-order chi connectivity index (χ0) is 24.6. The molecule has 1 unspecified atom stereocenters. The van der Waals surface area contributed by atoms with E-state index in [4.69, 9.17) is 21.1 Å². The number of ether oxygens (including phenoxy) is 2. The van der Waals surface area contributed by atoms with Crippen LogP contribution in [0.2, 0.25) is 5.02 Å². The molecule has 7 nitrogen and oxygen atoms in total. The van der Waals surface area contributed by atoms with Crippen molar-refractivity contribution in [3.05, 3.63) is 87.9 Å². The minimum Gasteiger partial charge on any atom is -0.508 e. The smallest absolute Gasteiger partial charge is 0.300 e. The van der Waals surface area contributed by atoms with Gasteiger partial charge < -0.3 is 19.7 Å². The molecule has 1 saturated heterocycles. The van der Waals surface area contributed by atoms with Gasteiger partial charge >= 0.3 is 0 Å². The van der Waals surface area contributed by atoms with Gasteiger partial charge in [-0.3, -0.25) is 14.5 Å². The van der Waals surface area contributed by atoms with Crippen molar-refractivity contribution in [2.75, 3.05) is 19.1 Å². The molecular weight excluding hydrogens is 458 g/mol. The lowest BCUT2D eigenvalue weighted by Crippen LogP contribution is -2.30. The molecule has 174 valence electrons. The molecule has 2 N–H and O–H groups in total. The number of phenols is 1. The average molecular weight is 480 g/mol. The van der Waals surface area contributed by atoms with E-state index in [0.717, 1.165) is 5.56 Å². The molecule has 4 rings (SSSR count). The molecule has 1 fully saturated rings. The van der Waals surface area contributed by atoms with Gasteiger partial charge in [-0.1, -0.05) is 41.9 Å². The number of phenolic OH excluding ortho intramolecular Hbond substituents is 1. The monoisotopic (exact) mass is 479 g/mol. The summed E-state index contributed by atoms with van der Waals surface area (Å²) in [6.45, 7) is 1.82. The van der Waals surface area contributed by atoms with Gasteiger partial charge in [-0.25, -0.2) is 0 Å². The number of hydrogen-bond donors (Lipinski definition) is 2. The standard InChI is InChI=1S/C26H22ClNO6/c1-14-7-4-5-10-19(14)28-23(15-8-6-9-16(29)11-15)22(25(31)26(28)32)24(30)17-12-18(27)21(34-3)13-20(17)33-2/h4-13,23,29-30H,1-3H3/b24-22+. The van der Waals surface area contributed by atoms with Crippen LogP contribution in [0.1, 0.15) is 22.7 Å². The Bertz CT molecular complexity index is 1330. The number of aryl methyl sites for hydroxylation is 1. The molecule has 1 heterocycles. The first kappa shape index (κ1) is 23.2. The third kappa shape index (κ3) is 3.84. The van der Waals surface area contributed by atoms with Crippen molar-refractivity contribution in [1.29, 1.82) is 0 Å². The fraction of sp³-hybridized carbons (Fsp3) is 0.154. The predicted octanol–water partition coefficient (Wildman–Crippen LogP) is 5.00. The number of rotatable bonds is 5. The topological polar surface area (TPSA) is 96.3 Å². The van der Waals surface area contributed by atoms with E-state index in [0.29, 0.717) is 17.0 Å². The molecule has 0 spiro atoms. The molecule has 0 aliphatic carbocycles. The van der Waals surface area contributed by atoms with Crippen LogP contribution in [-0.4, -0.2) is 36.1 Å². The first-order valence-corrected chi connectivity index (χ1v) is 10.7. The molecule has 1 aliphatic rings. The second-order valence-electron chi connectivity index (χ2n) is 7.74. The third-order valence-corrected chi connectivity index (χ3v) is 6.03. The lowest BCUT2D eigenvalue weighted by atomic mass is 9.94. The number of amides is 1. The maximum atomic E-state index is 13.3. The van der Waals surface area contributed by atoms with E-state index in [1.807, 2.05) is 19.1 Å². The normalized spacial score (nSPS) is 17.2. The van der Waals surface area contributed by atoms with E-state index in [-0.39, 0.29) is 27.7 Å². The van der Waals surface area contributed by atoms with Crippen molar-refractivity contribution >= 4 is 34.7 Å². The minimum absolute atomic E-state index is 0.0436. The van der Waals surface area contributed by atoms with Crippen molar-refractivity contribution < 1.29 is 29.3 Å². The number of para-hydroxylation sites is 1. The zero-order valence-electron chi connectivity index (χ0n) is 18.7. The lowest BCUT2D eigenvalue weighted by molar-refractivity contribution is -0.132. The number of halogens is 1. The van der Waals surface area contributed by atoms with Gasteiger partial charge in [0.1, 0.15) is 23.0 Å². The van der Waals surface area contributed by atoms with Crippen LogP contribution in [0.3, 0.4) is 0 Å². The van der Waals surface area contributed by atoms with Gasteiger partial charge in [-0.05, 0) is 42.3 Å². The Balaban J connectivity index is 2.02. The van der Waals surface area contributed by atoms with Crippen molar-refractivity contribution in [3.8, 4) is 17.2 Å². The number of methoxy groups -OCH3 is 2. The van der Waals surface area contributed by atoms with E-state index in [1.165, 1.54) is 43.4 Å². The number of carbonyl (C=O) groups excluding carboxylic acids is 2. The van der Waals surface area contributed by atoms with Gasteiger partial charge in [0.2, 0.25) is 0 Å². The van der Waals surface area contributed by atoms with Crippen LogP contribution in [0.25, 0.3) is 5.76 Å². The van der Waals surface area contributed by atoms with E-state index in [1.54, 1.807) is 24.3 Å². The van der Waals surface area contributed by atoms with Crippen molar-refractivity contribution in [3.63, 3.8) is 0 Å². The second kappa shape index (κ2) is 9.11. The summed E-state index contributed by atoms with van der Waals surface area (Å²) in [7, 11) is 2.84. The maximum Gasteiger partial charge on any atom is 0.300 e. The number of nitrogens with zero attached hydrogens (tertiary/aromatic N) is 1. The highest BCUT2D eigenvalue weighted by molar-refractivity contribution is 6.52. The molecule has 8 heteroatoms. The van der Waals surface area contributed by atoms with Gasteiger partial charge in [-0.2, -0.15) is 0 Å². The molecule has 34 heavy (non-hydrogen) atoms. The van der Waals surface area contributed by atoms with Crippen LogP contribution >= 0.6 is 11.6 Å². The number of carbonyl (C=O) groups is 2. The molecule has 3 aromatic rings. The number of aliphatic hydroxyl groups excluding tert-OH is 1. The van der Waals surface area contributed by atoms with Crippen molar-refractivity contribution in [2.45, 2.75) is 13.0 Å². The number of benzene rings is 3. The van der Waals surface area contributed by atoms with Crippen LogP contribution < -0.4 is 14.4 Å². The summed E-state index contributed by atoms with van der Waals surface area (Å²) in [4.78, 5) is 27.9. The summed E-state index contributed by atoms with van der Waals surface area (Å²) in [6, 6.07) is 15.2. The highest BCUT2D eigenvalue weighted by atomic mass is 35.5. The Morgan fingerprint density at radius 1 is 0.971 bits per heavy atom. The van der Waals surface area contributed by atoms with Crippen LogP contribution in [0.5, 0.6) is 17.2 Å². The van der Waals surface area contributed by atoms with E-state index in [9.17, 15) is 19.8 Å². The molecule has 1 atom stereocenters. The van der Waals surface area contributed by atoms with Crippen molar-refractivity contribution in [1.82, 2.24) is 0 Å². The summed E-state index contributed by atoms with van der Waals surface area (Å²) >= 11 is 6.28. The SMILES string of the molecule is COc1cc(OC)c(/C(O)=C2\C(=O)C(=O)N(c3ccccc3C)C2c2cccc(O)c2)cc1Cl. The Morgan fingerprint density at radius 2 is 1.68 bits per heavy atom. The molecule has 1 amide bonds. The van der Waals surface area contributed by atoms with E-state index in [2.05, 4.69) is 0 Å². The van der Waals surface area contributed by atoms with Crippen molar-refractivity contribution in [2.24, 2.45) is 0 Å². The lowest BCUT2D eigenvalue weighted by Gasteiger charge is -2.27. The van der Waals surface area contributed by atoms with E-state index < -0.39 is 23.5 Å². The quantitative estimate of drug-likeness (QED) is 0.304. The molecule has 0 aromatic heterocycles. The summed E-state index contributed by atoms with van der Waals surface area (Å²) < 4.78 is 10.6. The van der Waals surface area contributed by atoms with Gasteiger partial charge in [0.25, 0.3) is 11.7 Å². The first-order chi connectivity index (χ1) is 16.3. The van der Waals surface area contributed by atoms with Crippen LogP contribution in [-0.2, 0) is 9.59 Å². The fourth-order valence-electron chi connectivity index (χ4n) is 4.12. The molecule has 3 aromatic carbocycles. The molecule has 0 saturated carbocycles. The van der Waals surface area contributed by atoms with Gasteiger partial charge in [-0.15, -0.1) is 0 Å². The van der Waals surface area contributed by atoms with Gasteiger partial charge in [0, 0.05) is 11.8 Å². The fourth-order valence-corrected chi connectivity index (χ4v) is 4.36. The molecular formula is C26H22ClNO6. The number of aromatic hydroxyl groups is 1. The second-order valence-corrected chi connectivity index (χ2v) is 8.14. The summed E-state index contributed by atoms with van der Waals surface area (Å²) in [5.74, 6) is -1.65. The Labute approximate surface area is 201 Å². The number of hydrogen-bond acceptors (Lipinski definition) is 6. The molecule has 0 radical (unpaired) electrons. The van der Waals surface area contributed by atoms with Crippen LogP contribution in [0, 0.1) is 6.92 Å². The predicted molar refractivity (Wildman–Crippen MR) is 129 cm³/mol. The summed E-state index contributed by atoms with van der Waals surface area (Å²) in [5.41, 5.74) is 1.69. The Kier molecular flexibility index (Phi) is 6.22. The number of Topliss-reactive ketones (excluding diaryl/α,β-unsaturated/α-hetero) is 1. The number of anilines is 1. The average Bonchev–Trinajstić information content (AvgIpc) is 3.09.